The van der Waals surface area contributed by atoms with Crippen molar-refractivity contribution in [1.29, 1.82) is 0 Å². The summed E-state index contributed by atoms with van der Waals surface area (Å²) in [7, 11) is 0. The van der Waals surface area contributed by atoms with E-state index < -0.39 is 22.8 Å². The lowest BCUT2D eigenvalue weighted by Gasteiger charge is -2.12. The van der Waals surface area contributed by atoms with Gasteiger partial charge >= 0.3 is 5.69 Å². The summed E-state index contributed by atoms with van der Waals surface area (Å²) in [5.74, 6) is -2.07. The molecule has 0 saturated heterocycles. The number of carbonyl (C=O) groups excluding carboxylic acids is 1. The molecule has 2 aromatic carbocycles. The molecule has 0 aliphatic heterocycles. The molecule has 28 heavy (non-hydrogen) atoms. The number of H-pyrrole nitrogens is 1. The number of hydrogen-bond acceptors (Lipinski definition) is 4. The van der Waals surface area contributed by atoms with Crippen LogP contribution in [0.3, 0.4) is 0 Å². The summed E-state index contributed by atoms with van der Waals surface area (Å²) in [6.45, 7) is 2.02. The average Bonchev–Trinajstić information content (AvgIpc) is 3.02. The number of nitrogens with zero attached hydrogens (tertiary/aromatic N) is 2. The van der Waals surface area contributed by atoms with Crippen LogP contribution in [0.15, 0.2) is 58.5 Å². The summed E-state index contributed by atoms with van der Waals surface area (Å²) in [4.78, 5) is 24.4. The number of carbonyl (C=O) groups is 1. The molecular formula is C19H18F2N4O2S. The van der Waals surface area contributed by atoms with E-state index in [1.807, 2.05) is 30.3 Å². The van der Waals surface area contributed by atoms with Crippen molar-refractivity contribution in [2.45, 2.75) is 30.3 Å². The van der Waals surface area contributed by atoms with Gasteiger partial charge in [0, 0.05) is 12.6 Å². The Morgan fingerprint density at radius 2 is 2.00 bits per heavy atom. The molecule has 3 aromatic rings. The lowest BCUT2D eigenvalue weighted by atomic mass is 10.1. The van der Waals surface area contributed by atoms with Crippen LogP contribution in [0.2, 0.25) is 0 Å². The van der Waals surface area contributed by atoms with Crippen LogP contribution in [-0.2, 0) is 17.8 Å². The van der Waals surface area contributed by atoms with E-state index in [2.05, 4.69) is 15.5 Å². The fourth-order valence-electron chi connectivity index (χ4n) is 2.51. The molecule has 0 aliphatic carbocycles. The van der Waals surface area contributed by atoms with Gasteiger partial charge < -0.3 is 5.32 Å². The average molecular weight is 404 g/mol. The quantitative estimate of drug-likeness (QED) is 0.593. The number of rotatable bonds is 7. The molecule has 146 valence electrons. The summed E-state index contributed by atoms with van der Waals surface area (Å²) in [5.41, 5.74) is 0.599. The summed E-state index contributed by atoms with van der Waals surface area (Å²) < 4.78 is 28.1. The van der Waals surface area contributed by atoms with Crippen molar-refractivity contribution in [2.24, 2.45) is 0 Å². The van der Waals surface area contributed by atoms with Gasteiger partial charge in [-0.25, -0.2) is 18.7 Å². The number of thioether (sulfide) groups is 1. The molecule has 1 atom stereocenters. The second-order valence-corrected chi connectivity index (χ2v) is 7.38. The van der Waals surface area contributed by atoms with Gasteiger partial charge in [0.05, 0.1) is 10.9 Å². The molecule has 1 heterocycles. The third-order valence-electron chi connectivity index (χ3n) is 4.03. The van der Waals surface area contributed by atoms with Crippen LogP contribution in [-0.4, -0.2) is 25.9 Å². The smallest absolute Gasteiger partial charge is 0.323 e. The van der Waals surface area contributed by atoms with Gasteiger partial charge in [-0.1, -0.05) is 42.1 Å². The number of benzene rings is 2. The van der Waals surface area contributed by atoms with Crippen molar-refractivity contribution < 1.29 is 13.6 Å². The SMILES string of the molecule is C[C@@H](Sc1n[nH]c(=O)n1CCc1ccccc1)C(=O)Nc1ccc(F)cc1F. The molecule has 0 unspecified atom stereocenters. The number of nitrogens with one attached hydrogen (secondary N) is 2. The summed E-state index contributed by atoms with van der Waals surface area (Å²) in [5, 5.41) is 8.48. The number of halogens is 2. The van der Waals surface area contributed by atoms with Crippen molar-refractivity contribution in [1.82, 2.24) is 14.8 Å². The zero-order valence-corrected chi connectivity index (χ0v) is 15.8. The maximum atomic E-state index is 13.7. The molecule has 6 nitrogen and oxygen atoms in total. The zero-order valence-electron chi connectivity index (χ0n) is 15.0. The van der Waals surface area contributed by atoms with Crippen LogP contribution in [0.5, 0.6) is 0 Å². The lowest BCUT2D eigenvalue weighted by molar-refractivity contribution is -0.115. The minimum Gasteiger partial charge on any atom is -0.323 e. The fraction of sp³-hybridized carbons (Fsp3) is 0.211. The number of anilines is 1. The molecule has 0 radical (unpaired) electrons. The van der Waals surface area contributed by atoms with Gasteiger partial charge in [0.25, 0.3) is 0 Å². The molecule has 9 heteroatoms. The number of hydrogen-bond donors (Lipinski definition) is 2. The van der Waals surface area contributed by atoms with E-state index in [9.17, 15) is 18.4 Å². The number of aromatic amines is 1. The first-order valence-electron chi connectivity index (χ1n) is 8.55. The third-order valence-corrected chi connectivity index (χ3v) is 5.12. The minimum atomic E-state index is -0.856. The highest BCUT2D eigenvalue weighted by Gasteiger charge is 2.20. The van der Waals surface area contributed by atoms with Crippen molar-refractivity contribution in [3.8, 4) is 0 Å². The van der Waals surface area contributed by atoms with Gasteiger partial charge in [0.2, 0.25) is 5.91 Å². The molecule has 0 saturated carbocycles. The van der Waals surface area contributed by atoms with Gasteiger partial charge in [-0.3, -0.25) is 9.36 Å². The summed E-state index contributed by atoms with van der Waals surface area (Å²) >= 11 is 1.07. The number of aromatic nitrogens is 3. The van der Waals surface area contributed by atoms with Gasteiger partial charge in [0.15, 0.2) is 5.16 Å². The van der Waals surface area contributed by atoms with Crippen LogP contribution < -0.4 is 11.0 Å². The second kappa shape index (κ2) is 8.83. The molecule has 0 aliphatic rings. The van der Waals surface area contributed by atoms with Crippen LogP contribution in [0.25, 0.3) is 0 Å². The Balaban J connectivity index is 1.66. The van der Waals surface area contributed by atoms with E-state index in [-0.39, 0.29) is 11.4 Å². The number of aryl methyl sites for hydroxylation is 1. The Bertz CT molecular complexity index is 1020. The molecule has 0 bridgehead atoms. The van der Waals surface area contributed by atoms with Crippen molar-refractivity contribution in [3.63, 3.8) is 0 Å². The van der Waals surface area contributed by atoms with E-state index in [1.54, 1.807) is 6.92 Å². The molecule has 0 fully saturated rings. The Morgan fingerprint density at radius 3 is 2.71 bits per heavy atom. The van der Waals surface area contributed by atoms with Crippen molar-refractivity contribution in [2.75, 3.05) is 5.32 Å². The largest absolute Gasteiger partial charge is 0.343 e. The van der Waals surface area contributed by atoms with Gasteiger partial charge in [-0.2, -0.15) is 0 Å². The van der Waals surface area contributed by atoms with E-state index in [0.29, 0.717) is 24.2 Å². The minimum absolute atomic E-state index is 0.109. The molecule has 0 spiro atoms. The van der Waals surface area contributed by atoms with Crippen molar-refractivity contribution in [3.05, 3.63) is 76.2 Å². The van der Waals surface area contributed by atoms with Gasteiger partial charge in [-0.15, -0.1) is 5.10 Å². The van der Waals surface area contributed by atoms with Crippen LogP contribution >= 0.6 is 11.8 Å². The van der Waals surface area contributed by atoms with E-state index >= 15 is 0 Å². The summed E-state index contributed by atoms with van der Waals surface area (Å²) in [6.07, 6.45) is 0.634. The standard InChI is InChI=1S/C19H18F2N4O2S/c1-12(17(26)22-16-8-7-14(20)11-15(16)21)28-19-24-23-18(27)25(19)10-9-13-5-3-2-4-6-13/h2-8,11-12H,9-10H2,1H3,(H,22,26)(H,23,27)/t12-/m1/s1. The molecule has 3 rings (SSSR count). The van der Waals surface area contributed by atoms with Crippen LogP contribution in [0, 0.1) is 11.6 Å². The predicted octanol–water partition coefficient (Wildman–Crippen LogP) is 3.21. The lowest BCUT2D eigenvalue weighted by Crippen LogP contribution is -2.24. The topological polar surface area (TPSA) is 79.8 Å². The summed E-state index contributed by atoms with van der Waals surface area (Å²) in [6, 6.07) is 12.6. The van der Waals surface area contributed by atoms with E-state index in [4.69, 9.17) is 0 Å². The van der Waals surface area contributed by atoms with Crippen LogP contribution in [0.4, 0.5) is 14.5 Å². The predicted molar refractivity (Wildman–Crippen MR) is 103 cm³/mol. The Hall–Kier alpha value is -2.94. The maximum absolute atomic E-state index is 13.7. The highest BCUT2D eigenvalue weighted by atomic mass is 32.2. The highest BCUT2D eigenvalue weighted by Crippen LogP contribution is 2.22. The Labute approximate surface area is 164 Å². The number of amides is 1. The van der Waals surface area contributed by atoms with Gasteiger partial charge in [-0.05, 0) is 31.0 Å². The third kappa shape index (κ3) is 4.86. The Morgan fingerprint density at radius 1 is 1.25 bits per heavy atom. The Kier molecular flexibility index (Phi) is 6.25. The van der Waals surface area contributed by atoms with Crippen LogP contribution in [0.1, 0.15) is 12.5 Å². The second-order valence-electron chi connectivity index (χ2n) is 6.07. The molecule has 1 amide bonds. The molecule has 1 aromatic heterocycles. The maximum Gasteiger partial charge on any atom is 0.343 e. The van der Waals surface area contributed by atoms with Crippen molar-refractivity contribution >= 4 is 23.4 Å². The zero-order chi connectivity index (χ0) is 20.1. The first-order chi connectivity index (χ1) is 13.4. The molecular weight excluding hydrogens is 386 g/mol. The first-order valence-corrected chi connectivity index (χ1v) is 9.43. The van der Waals surface area contributed by atoms with E-state index in [1.165, 1.54) is 4.57 Å². The monoisotopic (exact) mass is 404 g/mol. The highest BCUT2D eigenvalue weighted by molar-refractivity contribution is 8.00. The normalized spacial score (nSPS) is 12.0. The van der Waals surface area contributed by atoms with Gasteiger partial charge in [0.1, 0.15) is 11.6 Å². The molecule has 2 N–H and O–H groups in total. The fourth-order valence-corrected chi connectivity index (χ4v) is 3.39. The van der Waals surface area contributed by atoms with E-state index in [0.717, 1.165) is 29.5 Å². The first kappa shape index (κ1) is 19.8.